The van der Waals surface area contributed by atoms with Gasteiger partial charge in [-0.1, -0.05) is 36.8 Å². The Bertz CT molecular complexity index is 388. The monoisotopic (exact) mass is 233 g/mol. The van der Waals surface area contributed by atoms with E-state index in [4.69, 9.17) is 12.2 Å². The van der Waals surface area contributed by atoms with E-state index in [0.717, 1.165) is 36.4 Å². The molecule has 0 aliphatic carbocycles. The average molecular weight is 233 g/mol. The molecule has 1 fully saturated rings. The van der Waals surface area contributed by atoms with E-state index >= 15 is 0 Å². The molecule has 16 heavy (non-hydrogen) atoms. The van der Waals surface area contributed by atoms with Crippen LogP contribution in [0.15, 0.2) is 30.3 Å². The largest absolute Gasteiger partial charge is 0.302 e. The Morgan fingerprint density at radius 1 is 1.12 bits per heavy atom. The van der Waals surface area contributed by atoms with Gasteiger partial charge in [-0.05, 0) is 31.4 Å². The topological polar surface area (TPSA) is 20.3 Å². The number of hydrogen-bond acceptors (Lipinski definition) is 2. The van der Waals surface area contributed by atoms with Crippen molar-refractivity contribution in [3.8, 4) is 0 Å². The lowest BCUT2D eigenvalue weighted by Crippen LogP contribution is -2.35. The molecule has 0 atom stereocenters. The fourth-order valence-corrected chi connectivity index (χ4v) is 2.25. The SMILES string of the molecule is O=C(c1ccccc1)N1CCCCCC1=S. The summed E-state index contributed by atoms with van der Waals surface area (Å²) in [6, 6.07) is 9.37. The second kappa shape index (κ2) is 5.21. The molecule has 1 amide bonds. The van der Waals surface area contributed by atoms with E-state index in [1.807, 2.05) is 30.3 Å². The molecule has 1 aromatic rings. The zero-order chi connectivity index (χ0) is 11.4. The minimum Gasteiger partial charge on any atom is -0.302 e. The Kier molecular flexibility index (Phi) is 3.67. The van der Waals surface area contributed by atoms with Crippen molar-refractivity contribution >= 4 is 23.1 Å². The Morgan fingerprint density at radius 2 is 1.88 bits per heavy atom. The third kappa shape index (κ3) is 2.47. The predicted molar refractivity (Wildman–Crippen MR) is 68.5 cm³/mol. The fourth-order valence-electron chi connectivity index (χ4n) is 1.93. The third-order valence-electron chi connectivity index (χ3n) is 2.84. The standard InChI is InChI=1S/C13H15NOS/c15-13(11-7-3-1-4-8-11)14-10-6-2-5-9-12(14)16/h1,3-4,7-8H,2,5-6,9-10H2. The first kappa shape index (κ1) is 11.3. The van der Waals surface area contributed by atoms with Gasteiger partial charge in [0.2, 0.25) is 0 Å². The molecular formula is C13H15NOS. The highest BCUT2D eigenvalue weighted by Gasteiger charge is 2.20. The highest BCUT2D eigenvalue weighted by Crippen LogP contribution is 2.15. The summed E-state index contributed by atoms with van der Waals surface area (Å²) in [7, 11) is 0. The van der Waals surface area contributed by atoms with Gasteiger partial charge in [0, 0.05) is 12.1 Å². The van der Waals surface area contributed by atoms with E-state index in [1.165, 1.54) is 6.42 Å². The summed E-state index contributed by atoms with van der Waals surface area (Å²) in [4.78, 5) is 14.8. The van der Waals surface area contributed by atoms with E-state index in [9.17, 15) is 4.79 Å². The van der Waals surface area contributed by atoms with Crippen molar-refractivity contribution in [3.63, 3.8) is 0 Å². The van der Waals surface area contributed by atoms with Gasteiger partial charge in [0.05, 0.1) is 4.99 Å². The quantitative estimate of drug-likeness (QED) is 0.695. The second-order valence-corrected chi connectivity index (χ2v) is 4.50. The maximum absolute atomic E-state index is 12.2. The normalized spacial score (nSPS) is 17.0. The summed E-state index contributed by atoms with van der Waals surface area (Å²) in [6.45, 7) is 0.770. The predicted octanol–water partition coefficient (Wildman–Crippen LogP) is 3.03. The van der Waals surface area contributed by atoms with Crippen molar-refractivity contribution in [3.05, 3.63) is 35.9 Å². The molecular weight excluding hydrogens is 218 g/mol. The van der Waals surface area contributed by atoms with Crippen LogP contribution in [0.2, 0.25) is 0 Å². The molecule has 3 heteroatoms. The first-order valence-electron chi connectivity index (χ1n) is 5.69. The molecule has 2 rings (SSSR count). The number of hydrogen-bond donors (Lipinski definition) is 0. The smallest absolute Gasteiger partial charge is 0.258 e. The Balaban J connectivity index is 2.17. The van der Waals surface area contributed by atoms with Crippen molar-refractivity contribution in [1.82, 2.24) is 4.90 Å². The molecule has 2 nitrogen and oxygen atoms in total. The molecule has 1 aromatic carbocycles. The van der Waals surface area contributed by atoms with Crippen molar-refractivity contribution in [2.75, 3.05) is 6.54 Å². The fraction of sp³-hybridized carbons (Fsp3) is 0.385. The van der Waals surface area contributed by atoms with Gasteiger partial charge in [0.25, 0.3) is 5.91 Å². The third-order valence-corrected chi connectivity index (χ3v) is 3.26. The number of nitrogens with zero attached hydrogens (tertiary/aromatic N) is 1. The van der Waals surface area contributed by atoms with Crippen LogP contribution in [0.5, 0.6) is 0 Å². The number of rotatable bonds is 1. The maximum Gasteiger partial charge on any atom is 0.258 e. The van der Waals surface area contributed by atoms with Crippen LogP contribution in [-0.4, -0.2) is 22.3 Å². The molecule has 1 heterocycles. The molecule has 0 N–H and O–H groups in total. The Morgan fingerprint density at radius 3 is 2.62 bits per heavy atom. The molecule has 0 spiro atoms. The highest BCUT2D eigenvalue weighted by molar-refractivity contribution is 7.80. The van der Waals surface area contributed by atoms with Gasteiger partial charge >= 0.3 is 0 Å². The summed E-state index contributed by atoms with van der Waals surface area (Å²) in [5, 5.41) is 0. The van der Waals surface area contributed by atoms with Crippen LogP contribution in [0, 0.1) is 0 Å². The lowest BCUT2D eigenvalue weighted by atomic mass is 10.2. The van der Waals surface area contributed by atoms with E-state index in [1.54, 1.807) is 4.90 Å². The molecule has 1 aliphatic rings. The molecule has 84 valence electrons. The van der Waals surface area contributed by atoms with E-state index in [2.05, 4.69) is 0 Å². The minimum atomic E-state index is 0.0486. The lowest BCUT2D eigenvalue weighted by Gasteiger charge is -2.20. The number of thiocarbonyl (C=S) groups is 1. The summed E-state index contributed by atoms with van der Waals surface area (Å²) in [6.07, 6.45) is 4.20. The van der Waals surface area contributed by atoms with Gasteiger partial charge in [0.1, 0.15) is 0 Å². The molecule has 0 bridgehead atoms. The summed E-state index contributed by atoms with van der Waals surface area (Å²) < 4.78 is 0. The van der Waals surface area contributed by atoms with Crippen molar-refractivity contribution in [2.24, 2.45) is 0 Å². The van der Waals surface area contributed by atoms with Crippen LogP contribution in [0.3, 0.4) is 0 Å². The van der Waals surface area contributed by atoms with Crippen molar-refractivity contribution < 1.29 is 4.79 Å². The van der Waals surface area contributed by atoms with Gasteiger partial charge < -0.3 is 4.90 Å². The first-order valence-corrected chi connectivity index (χ1v) is 6.09. The summed E-state index contributed by atoms with van der Waals surface area (Å²) >= 11 is 5.30. The molecule has 1 saturated heterocycles. The van der Waals surface area contributed by atoms with Gasteiger partial charge in [-0.2, -0.15) is 0 Å². The molecule has 0 saturated carbocycles. The van der Waals surface area contributed by atoms with Crippen molar-refractivity contribution in [1.29, 1.82) is 0 Å². The summed E-state index contributed by atoms with van der Waals surface area (Å²) in [5.41, 5.74) is 0.728. The van der Waals surface area contributed by atoms with E-state index < -0.39 is 0 Å². The lowest BCUT2D eigenvalue weighted by molar-refractivity contribution is 0.0849. The molecule has 0 aromatic heterocycles. The number of carbonyl (C=O) groups excluding carboxylic acids is 1. The number of carbonyl (C=O) groups is 1. The zero-order valence-electron chi connectivity index (χ0n) is 9.19. The molecule has 0 unspecified atom stereocenters. The second-order valence-electron chi connectivity index (χ2n) is 4.03. The van der Waals surface area contributed by atoms with Crippen LogP contribution in [0.4, 0.5) is 0 Å². The maximum atomic E-state index is 12.2. The van der Waals surface area contributed by atoms with E-state index in [-0.39, 0.29) is 5.91 Å². The van der Waals surface area contributed by atoms with Crippen LogP contribution < -0.4 is 0 Å². The van der Waals surface area contributed by atoms with Gasteiger partial charge in [-0.3, -0.25) is 4.79 Å². The Labute approximate surface area is 101 Å². The number of amides is 1. The first-order chi connectivity index (χ1) is 7.79. The average Bonchev–Trinajstić information content (AvgIpc) is 2.54. The zero-order valence-corrected chi connectivity index (χ0v) is 10.0. The van der Waals surface area contributed by atoms with Gasteiger partial charge in [-0.25, -0.2) is 0 Å². The summed E-state index contributed by atoms with van der Waals surface area (Å²) in [5.74, 6) is 0.0486. The van der Waals surface area contributed by atoms with E-state index in [0.29, 0.717) is 0 Å². The van der Waals surface area contributed by atoms with Gasteiger partial charge in [-0.15, -0.1) is 0 Å². The number of benzene rings is 1. The molecule has 1 aliphatic heterocycles. The van der Waals surface area contributed by atoms with Crippen LogP contribution >= 0.6 is 12.2 Å². The van der Waals surface area contributed by atoms with Crippen LogP contribution in [0.25, 0.3) is 0 Å². The van der Waals surface area contributed by atoms with Crippen LogP contribution in [0.1, 0.15) is 36.0 Å². The Hall–Kier alpha value is -1.22. The molecule has 0 radical (unpaired) electrons. The van der Waals surface area contributed by atoms with Gasteiger partial charge in [0.15, 0.2) is 0 Å². The minimum absolute atomic E-state index is 0.0486. The highest BCUT2D eigenvalue weighted by atomic mass is 32.1. The number of likely N-dealkylation sites (tertiary alicyclic amines) is 1. The van der Waals surface area contributed by atoms with Crippen molar-refractivity contribution in [2.45, 2.75) is 25.7 Å². The van der Waals surface area contributed by atoms with Crippen LogP contribution in [-0.2, 0) is 0 Å².